The molecule has 0 aliphatic carbocycles. The molecule has 1 aliphatic heterocycles. The van der Waals surface area contributed by atoms with Gasteiger partial charge in [-0.1, -0.05) is 30.3 Å². The van der Waals surface area contributed by atoms with E-state index in [9.17, 15) is 14.7 Å². The Morgan fingerprint density at radius 2 is 2.06 bits per heavy atom. The van der Waals surface area contributed by atoms with E-state index in [0.29, 0.717) is 25.3 Å². The first-order valence-corrected chi connectivity index (χ1v) is 11.0. The molecule has 1 saturated heterocycles. The van der Waals surface area contributed by atoms with Crippen molar-refractivity contribution in [2.75, 3.05) is 33.3 Å². The Kier molecular flexibility index (Phi) is 6.96. The Morgan fingerprint density at radius 1 is 1.24 bits per heavy atom. The van der Waals surface area contributed by atoms with Crippen LogP contribution in [-0.2, 0) is 16.0 Å². The summed E-state index contributed by atoms with van der Waals surface area (Å²) in [5, 5.41) is 19.8. The van der Waals surface area contributed by atoms with Crippen molar-refractivity contribution in [3.05, 3.63) is 65.9 Å². The molecular weight excluding hydrogens is 424 g/mol. The van der Waals surface area contributed by atoms with E-state index in [4.69, 9.17) is 14.3 Å². The number of β-amino-alcohol motifs (C(OH)–C–C–N with tert-alkyl or cyclic N) is 1. The van der Waals surface area contributed by atoms with Crippen molar-refractivity contribution in [2.45, 2.75) is 25.0 Å². The van der Waals surface area contributed by atoms with Crippen LogP contribution in [0, 0.1) is 0 Å². The summed E-state index contributed by atoms with van der Waals surface area (Å²) < 4.78 is 10.9. The third kappa shape index (κ3) is 5.53. The zero-order valence-corrected chi connectivity index (χ0v) is 18.5. The van der Waals surface area contributed by atoms with E-state index in [1.54, 1.807) is 36.4 Å². The molecule has 0 saturated carbocycles. The molecule has 0 radical (unpaired) electrons. The summed E-state index contributed by atoms with van der Waals surface area (Å²) >= 11 is 0. The number of fused-ring (bicyclic) bond motifs is 1. The van der Waals surface area contributed by atoms with Gasteiger partial charge in [0, 0.05) is 37.6 Å². The number of hydrogen-bond acceptors (Lipinski definition) is 6. The summed E-state index contributed by atoms with van der Waals surface area (Å²) in [6.07, 6.45) is 2.16. The van der Waals surface area contributed by atoms with Crippen molar-refractivity contribution in [1.82, 2.24) is 9.80 Å². The Bertz CT molecular complexity index is 1130. The van der Waals surface area contributed by atoms with Crippen molar-refractivity contribution >= 4 is 22.8 Å². The average molecular weight is 453 g/mol. The molecule has 33 heavy (non-hydrogen) atoms. The lowest BCUT2D eigenvalue weighted by molar-refractivity contribution is -0.139. The number of carbonyl (C=O) groups is 2. The molecule has 1 aromatic heterocycles. The highest BCUT2D eigenvalue weighted by Gasteiger charge is 2.29. The molecule has 1 amide bonds. The smallest absolute Gasteiger partial charge is 0.341 e. The highest BCUT2D eigenvalue weighted by molar-refractivity contribution is 5.87. The lowest BCUT2D eigenvalue weighted by atomic mass is 10.0. The number of furan rings is 1. The molecule has 2 aromatic carbocycles. The third-order valence-electron chi connectivity index (χ3n) is 6.05. The highest BCUT2D eigenvalue weighted by atomic mass is 16.5. The zero-order chi connectivity index (χ0) is 23.4. The standard InChI is InChI=1S/C25H28N2O6/c1-26(24(29)12-18-15-33-23-8-3-2-7-21(18)23)22(14-27-10-9-19(28)13-27)17-5-4-6-20(11-17)32-16-25(30)31/h2-8,11,15,19,22,28H,9-10,12-14,16H2,1H3,(H,30,31)/t19-,22-/m1/s1. The predicted octanol–water partition coefficient (Wildman–Crippen LogP) is 2.71. The summed E-state index contributed by atoms with van der Waals surface area (Å²) in [6.45, 7) is 1.42. The second kappa shape index (κ2) is 10.1. The van der Waals surface area contributed by atoms with Crippen molar-refractivity contribution in [2.24, 2.45) is 0 Å². The molecular formula is C25H28N2O6. The molecule has 1 fully saturated rings. The fourth-order valence-corrected chi connectivity index (χ4v) is 4.26. The van der Waals surface area contributed by atoms with Crippen LogP contribution in [0.5, 0.6) is 5.75 Å². The van der Waals surface area contributed by atoms with E-state index >= 15 is 0 Å². The van der Waals surface area contributed by atoms with Gasteiger partial charge in [0.05, 0.1) is 24.8 Å². The molecule has 8 nitrogen and oxygen atoms in total. The number of ether oxygens (including phenoxy) is 1. The summed E-state index contributed by atoms with van der Waals surface area (Å²) in [4.78, 5) is 28.0. The normalized spacial score (nSPS) is 17.2. The van der Waals surface area contributed by atoms with Crippen molar-refractivity contribution < 1.29 is 29.0 Å². The maximum atomic E-state index is 13.3. The fourth-order valence-electron chi connectivity index (χ4n) is 4.26. The second-order valence-electron chi connectivity index (χ2n) is 8.41. The summed E-state index contributed by atoms with van der Waals surface area (Å²) in [6, 6.07) is 14.5. The van der Waals surface area contributed by atoms with Gasteiger partial charge in [-0.05, 0) is 30.2 Å². The molecule has 8 heteroatoms. The van der Waals surface area contributed by atoms with Gasteiger partial charge in [-0.15, -0.1) is 0 Å². The number of likely N-dealkylation sites (N-methyl/N-ethyl adjacent to an activating group) is 1. The number of hydrogen-bond donors (Lipinski definition) is 2. The molecule has 0 spiro atoms. The Hall–Kier alpha value is -3.36. The number of rotatable bonds is 9. The summed E-state index contributed by atoms with van der Waals surface area (Å²) in [5.74, 6) is -0.686. The predicted molar refractivity (Wildman–Crippen MR) is 122 cm³/mol. The van der Waals surface area contributed by atoms with Crippen LogP contribution in [-0.4, -0.2) is 71.3 Å². The molecule has 2 N–H and O–H groups in total. The van der Waals surface area contributed by atoms with Crippen LogP contribution in [0.4, 0.5) is 0 Å². The van der Waals surface area contributed by atoms with E-state index in [0.717, 1.165) is 28.6 Å². The van der Waals surface area contributed by atoms with E-state index in [1.807, 2.05) is 30.3 Å². The SMILES string of the molecule is CN(C(=O)Cc1coc2ccccc12)[C@H](CN1CC[C@@H](O)C1)c1cccc(OCC(=O)O)c1. The average Bonchev–Trinajstić information content (AvgIpc) is 3.41. The lowest BCUT2D eigenvalue weighted by Crippen LogP contribution is -2.39. The molecule has 4 rings (SSSR count). The monoisotopic (exact) mass is 452 g/mol. The summed E-state index contributed by atoms with van der Waals surface area (Å²) in [7, 11) is 1.77. The van der Waals surface area contributed by atoms with Crippen LogP contribution < -0.4 is 4.74 Å². The minimum Gasteiger partial charge on any atom is -0.482 e. The van der Waals surface area contributed by atoms with Crippen LogP contribution in [0.3, 0.4) is 0 Å². The largest absolute Gasteiger partial charge is 0.482 e. The lowest BCUT2D eigenvalue weighted by Gasteiger charge is -2.32. The quantitative estimate of drug-likeness (QED) is 0.514. The highest BCUT2D eigenvalue weighted by Crippen LogP contribution is 2.28. The number of aliphatic hydroxyl groups excluding tert-OH is 1. The first kappa shape index (κ1) is 22.8. The van der Waals surface area contributed by atoms with Gasteiger partial charge in [0.15, 0.2) is 6.61 Å². The van der Waals surface area contributed by atoms with Gasteiger partial charge in [-0.2, -0.15) is 0 Å². The minimum absolute atomic E-state index is 0.0665. The van der Waals surface area contributed by atoms with E-state index in [-0.39, 0.29) is 24.5 Å². The van der Waals surface area contributed by atoms with Crippen LogP contribution in [0.15, 0.2) is 59.2 Å². The van der Waals surface area contributed by atoms with Crippen LogP contribution in [0.1, 0.15) is 23.6 Å². The number of nitrogens with zero attached hydrogens (tertiary/aromatic N) is 2. The van der Waals surface area contributed by atoms with Gasteiger partial charge in [-0.3, -0.25) is 9.69 Å². The van der Waals surface area contributed by atoms with Gasteiger partial charge in [0.1, 0.15) is 11.3 Å². The minimum atomic E-state index is -1.05. The topological polar surface area (TPSA) is 103 Å². The molecule has 0 bridgehead atoms. The van der Waals surface area contributed by atoms with Gasteiger partial charge in [0.2, 0.25) is 5.91 Å². The zero-order valence-electron chi connectivity index (χ0n) is 18.5. The first-order valence-electron chi connectivity index (χ1n) is 11.0. The number of carboxylic acids is 1. The number of benzene rings is 2. The third-order valence-corrected chi connectivity index (χ3v) is 6.05. The Labute approximate surface area is 192 Å². The molecule has 3 aromatic rings. The molecule has 2 atom stereocenters. The number of amides is 1. The maximum Gasteiger partial charge on any atom is 0.341 e. The van der Waals surface area contributed by atoms with Gasteiger partial charge in [0.25, 0.3) is 0 Å². The number of likely N-dealkylation sites (tertiary alicyclic amines) is 1. The van der Waals surface area contributed by atoms with E-state index in [2.05, 4.69) is 4.90 Å². The van der Waals surface area contributed by atoms with E-state index in [1.165, 1.54) is 0 Å². The van der Waals surface area contributed by atoms with Crippen LogP contribution in [0.25, 0.3) is 11.0 Å². The molecule has 2 heterocycles. The van der Waals surface area contributed by atoms with Gasteiger partial charge < -0.3 is 24.3 Å². The molecule has 174 valence electrons. The van der Waals surface area contributed by atoms with Gasteiger partial charge in [-0.25, -0.2) is 4.79 Å². The van der Waals surface area contributed by atoms with Gasteiger partial charge >= 0.3 is 5.97 Å². The number of aliphatic carboxylic acids is 1. The fraction of sp³-hybridized carbons (Fsp3) is 0.360. The van der Waals surface area contributed by atoms with Crippen LogP contribution in [0.2, 0.25) is 0 Å². The molecule has 0 unspecified atom stereocenters. The van der Waals surface area contributed by atoms with E-state index < -0.39 is 12.6 Å². The molecule has 1 aliphatic rings. The number of carbonyl (C=O) groups excluding carboxylic acids is 1. The first-order chi connectivity index (χ1) is 15.9. The number of carboxylic acid groups (broad SMARTS) is 1. The number of aliphatic hydroxyl groups is 1. The summed E-state index contributed by atoms with van der Waals surface area (Å²) in [5.41, 5.74) is 2.41. The van der Waals surface area contributed by atoms with Crippen molar-refractivity contribution in [3.63, 3.8) is 0 Å². The van der Waals surface area contributed by atoms with Crippen molar-refractivity contribution in [3.8, 4) is 5.75 Å². The van der Waals surface area contributed by atoms with Crippen LogP contribution >= 0.6 is 0 Å². The van der Waals surface area contributed by atoms with Crippen molar-refractivity contribution in [1.29, 1.82) is 0 Å². The second-order valence-corrected chi connectivity index (χ2v) is 8.41. The Balaban J connectivity index is 1.56. The number of para-hydroxylation sites is 1. The Morgan fingerprint density at radius 3 is 2.82 bits per heavy atom. The maximum absolute atomic E-state index is 13.3.